The molecular weight excluding hydrogens is 166 g/mol. The highest BCUT2D eigenvalue weighted by atomic mass is 16.5. The van der Waals surface area contributed by atoms with Gasteiger partial charge in [0, 0.05) is 6.42 Å². The largest absolute Gasteiger partial charge is 0.449 e. The molecule has 1 aliphatic heterocycles. The second-order valence-electron chi connectivity index (χ2n) is 3.03. The van der Waals surface area contributed by atoms with Gasteiger partial charge >= 0.3 is 6.09 Å². The number of carbonyl (C=O) groups excluding carboxylic acids is 1. The van der Waals surface area contributed by atoms with Crippen LogP contribution in [0.3, 0.4) is 0 Å². The molecule has 68 valence electrons. The summed E-state index contributed by atoms with van der Waals surface area (Å²) in [6.07, 6.45) is 0.524. The number of rotatable bonds is 1. The smallest absolute Gasteiger partial charge is 0.407 e. The van der Waals surface area contributed by atoms with Gasteiger partial charge < -0.3 is 10.1 Å². The van der Waals surface area contributed by atoms with Gasteiger partial charge in [-0.05, 0) is 5.56 Å². The fraction of sp³-hybridized carbons (Fsp3) is 0.300. The van der Waals surface area contributed by atoms with Crippen LogP contribution < -0.4 is 5.32 Å². The highest BCUT2D eigenvalue weighted by Crippen LogP contribution is 2.19. The normalized spacial score (nSPS) is 21.8. The lowest BCUT2D eigenvalue weighted by atomic mass is 10.0. The van der Waals surface area contributed by atoms with Crippen LogP contribution >= 0.6 is 0 Å². The number of carbonyl (C=O) groups is 1. The number of benzene rings is 1. The molecule has 1 atom stereocenters. The maximum atomic E-state index is 10.9. The Bertz CT molecular complexity index is 297. The van der Waals surface area contributed by atoms with E-state index in [1.165, 1.54) is 0 Å². The summed E-state index contributed by atoms with van der Waals surface area (Å²) in [6.45, 7) is 0.505. The predicted molar refractivity (Wildman–Crippen MR) is 48.3 cm³/mol. The van der Waals surface area contributed by atoms with Crippen molar-refractivity contribution in [1.29, 1.82) is 0 Å². The fourth-order valence-corrected chi connectivity index (χ4v) is 1.46. The SMILES string of the molecule is O=C1N[C@@H](c2ccccc2)CCO1. The van der Waals surface area contributed by atoms with Crippen molar-refractivity contribution in [2.24, 2.45) is 0 Å². The molecule has 0 unspecified atom stereocenters. The summed E-state index contributed by atoms with van der Waals surface area (Å²) in [5.74, 6) is 0. The molecule has 1 N–H and O–H groups in total. The monoisotopic (exact) mass is 177 g/mol. The zero-order chi connectivity index (χ0) is 9.10. The van der Waals surface area contributed by atoms with E-state index >= 15 is 0 Å². The van der Waals surface area contributed by atoms with Crippen molar-refractivity contribution in [2.75, 3.05) is 6.61 Å². The van der Waals surface area contributed by atoms with Gasteiger partial charge in [0.2, 0.25) is 0 Å². The van der Waals surface area contributed by atoms with Crippen LogP contribution in [0.5, 0.6) is 0 Å². The summed E-state index contributed by atoms with van der Waals surface area (Å²) >= 11 is 0. The minimum absolute atomic E-state index is 0.113. The maximum Gasteiger partial charge on any atom is 0.407 e. The van der Waals surface area contributed by atoms with Crippen molar-refractivity contribution < 1.29 is 9.53 Å². The maximum absolute atomic E-state index is 10.9. The van der Waals surface area contributed by atoms with Crippen LogP contribution in [0, 0.1) is 0 Å². The zero-order valence-corrected chi connectivity index (χ0v) is 7.19. The number of cyclic esters (lactones) is 1. The second kappa shape index (κ2) is 3.47. The molecule has 1 amide bonds. The molecule has 0 bridgehead atoms. The van der Waals surface area contributed by atoms with Crippen LogP contribution in [0.4, 0.5) is 4.79 Å². The van der Waals surface area contributed by atoms with E-state index in [1.807, 2.05) is 30.3 Å². The number of amides is 1. The van der Waals surface area contributed by atoms with E-state index in [0.29, 0.717) is 6.61 Å². The van der Waals surface area contributed by atoms with E-state index in [1.54, 1.807) is 0 Å². The standard InChI is InChI=1S/C10H11NO2/c12-10-11-9(6-7-13-10)8-4-2-1-3-5-8/h1-5,9H,6-7H2,(H,11,12)/t9-/m1/s1. The van der Waals surface area contributed by atoms with Gasteiger partial charge in [-0.25, -0.2) is 4.79 Å². The Morgan fingerprint density at radius 2 is 2.08 bits per heavy atom. The molecule has 1 fully saturated rings. The summed E-state index contributed by atoms with van der Waals surface area (Å²) in [4.78, 5) is 10.9. The number of nitrogens with one attached hydrogen (secondary N) is 1. The van der Waals surface area contributed by atoms with Gasteiger partial charge in [0.1, 0.15) is 0 Å². The molecule has 0 aromatic heterocycles. The Morgan fingerprint density at radius 1 is 1.31 bits per heavy atom. The Morgan fingerprint density at radius 3 is 2.77 bits per heavy atom. The molecule has 13 heavy (non-hydrogen) atoms. The van der Waals surface area contributed by atoms with Crippen molar-refractivity contribution >= 4 is 6.09 Å². The van der Waals surface area contributed by atoms with Gasteiger partial charge in [-0.3, -0.25) is 0 Å². The third-order valence-electron chi connectivity index (χ3n) is 2.13. The summed E-state index contributed by atoms with van der Waals surface area (Å²) in [5, 5.41) is 2.77. The first kappa shape index (κ1) is 8.10. The Kier molecular flexibility index (Phi) is 2.17. The van der Waals surface area contributed by atoms with Gasteiger partial charge in [0.05, 0.1) is 12.6 Å². The average molecular weight is 177 g/mol. The lowest BCUT2D eigenvalue weighted by Gasteiger charge is -2.23. The summed E-state index contributed by atoms with van der Waals surface area (Å²) in [6, 6.07) is 10.0. The molecule has 0 aliphatic carbocycles. The minimum atomic E-state index is -0.319. The van der Waals surface area contributed by atoms with Gasteiger partial charge in [-0.1, -0.05) is 30.3 Å². The molecule has 0 radical (unpaired) electrons. The minimum Gasteiger partial charge on any atom is -0.449 e. The van der Waals surface area contributed by atoms with E-state index in [0.717, 1.165) is 12.0 Å². The van der Waals surface area contributed by atoms with Crippen molar-refractivity contribution in [3.8, 4) is 0 Å². The molecule has 1 saturated heterocycles. The van der Waals surface area contributed by atoms with Crippen LogP contribution in [0.25, 0.3) is 0 Å². The van der Waals surface area contributed by atoms with Gasteiger partial charge in [-0.15, -0.1) is 0 Å². The first-order chi connectivity index (χ1) is 6.36. The number of hydrogen-bond donors (Lipinski definition) is 1. The number of hydrogen-bond acceptors (Lipinski definition) is 2. The second-order valence-corrected chi connectivity index (χ2v) is 3.03. The summed E-state index contributed by atoms with van der Waals surface area (Å²) < 4.78 is 4.78. The van der Waals surface area contributed by atoms with Gasteiger partial charge in [-0.2, -0.15) is 0 Å². The third-order valence-corrected chi connectivity index (χ3v) is 2.13. The Balaban J connectivity index is 2.13. The third kappa shape index (κ3) is 1.80. The molecule has 0 saturated carbocycles. The first-order valence-electron chi connectivity index (χ1n) is 4.34. The lowest BCUT2D eigenvalue weighted by molar-refractivity contribution is 0.115. The molecule has 0 spiro atoms. The van der Waals surface area contributed by atoms with E-state index < -0.39 is 0 Å². The molecular formula is C10H11NO2. The van der Waals surface area contributed by atoms with Crippen LogP contribution in [-0.2, 0) is 4.74 Å². The van der Waals surface area contributed by atoms with Crippen molar-refractivity contribution in [1.82, 2.24) is 5.32 Å². The molecule has 3 heteroatoms. The quantitative estimate of drug-likeness (QED) is 0.711. The van der Waals surface area contributed by atoms with Crippen LogP contribution in [0.15, 0.2) is 30.3 Å². The van der Waals surface area contributed by atoms with E-state index in [4.69, 9.17) is 4.74 Å². The van der Waals surface area contributed by atoms with E-state index in [9.17, 15) is 4.79 Å². The number of alkyl carbamates (subject to hydrolysis) is 1. The van der Waals surface area contributed by atoms with Crippen molar-refractivity contribution in [3.05, 3.63) is 35.9 Å². The topological polar surface area (TPSA) is 38.3 Å². The molecule has 1 aliphatic rings. The molecule has 1 heterocycles. The zero-order valence-electron chi connectivity index (χ0n) is 7.19. The summed E-state index contributed by atoms with van der Waals surface area (Å²) in [5.41, 5.74) is 1.14. The van der Waals surface area contributed by atoms with Crippen LogP contribution in [0.1, 0.15) is 18.0 Å². The van der Waals surface area contributed by atoms with E-state index in [-0.39, 0.29) is 12.1 Å². The fourth-order valence-electron chi connectivity index (χ4n) is 1.46. The molecule has 2 rings (SSSR count). The van der Waals surface area contributed by atoms with Crippen molar-refractivity contribution in [2.45, 2.75) is 12.5 Å². The first-order valence-corrected chi connectivity index (χ1v) is 4.34. The molecule has 3 nitrogen and oxygen atoms in total. The van der Waals surface area contributed by atoms with Gasteiger partial charge in [0.15, 0.2) is 0 Å². The predicted octanol–water partition coefficient (Wildman–Crippen LogP) is 1.86. The highest BCUT2D eigenvalue weighted by molar-refractivity contribution is 5.68. The average Bonchev–Trinajstić information content (AvgIpc) is 2.19. The molecule has 1 aromatic rings. The highest BCUT2D eigenvalue weighted by Gasteiger charge is 2.19. The van der Waals surface area contributed by atoms with Crippen LogP contribution in [-0.4, -0.2) is 12.7 Å². The Labute approximate surface area is 76.7 Å². The lowest BCUT2D eigenvalue weighted by Crippen LogP contribution is -2.35. The molecule has 1 aromatic carbocycles. The Hall–Kier alpha value is -1.51. The van der Waals surface area contributed by atoms with E-state index in [2.05, 4.69) is 5.32 Å². The summed E-state index contributed by atoms with van der Waals surface area (Å²) in [7, 11) is 0. The van der Waals surface area contributed by atoms with Crippen molar-refractivity contribution in [3.63, 3.8) is 0 Å². The van der Waals surface area contributed by atoms with Crippen LogP contribution in [0.2, 0.25) is 0 Å². The number of ether oxygens (including phenoxy) is 1. The van der Waals surface area contributed by atoms with Gasteiger partial charge in [0.25, 0.3) is 0 Å².